The summed E-state index contributed by atoms with van der Waals surface area (Å²) < 4.78 is 3.56. The quantitative estimate of drug-likeness (QED) is 0.322. The van der Waals surface area contributed by atoms with E-state index in [0.29, 0.717) is 0 Å². The zero-order valence-corrected chi connectivity index (χ0v) is 12.4. The number of rotatable bonds is 5. The number of aliphatic hydroxyl groups is 5. The molecule has 0 unspecified atom stereocenters. The first-order valence-electron chi connectivity index (χ1n) is 3.61. The maximum atomic E-state index is 10.5. The van der Waals surface area contributed by atoms with E-state index in [4.69, 9.17) is 25.5 Å². The van der Waals surface area contributed by atoms with Crippen molar-refractivity contribution in [2.45, 2.75) is 24.4 Å². The summed E-state index contributed by atoms with van der Waals surface area (Å²) in [6.45, 7) is -0.832. The Morgan fingerprint density at radius 1 is 1.20 bits per heavy atom. The molecule has 0 bridgehead atoms. The zero-order chi connectivity index (χ0) is 11.3. The number of aliphatic hydroxyl groups excluding tert-OH is 5. The predicted octanol–water partition coefficient (Wildman–Crippen LogP) is -3.80. The molecule has 0 spiro atoms. The number of carbonyl (C=O) groups is 1. The Morgan fingerprint density at radius 2 is 1.67 bits per heavy atom. The number of carbonyl (C=O) groups excluding carboxylic acids is 1. The first-order valence-corrected chi connectivity index (χ1v) is 3.92. The second kappa shape index (κ2) is 8.50. The van der Waals surface area contributed by atoms with E-state index in [0.717, 1.165) is 0 Å². The van der Waals surface area contributed by atoms with E-state index in [2.05, 4.69) is 16.2 Å². The van der Waals surface area contributed by atoms with Crippen LogP contribution in [0.25, 0.3) is 0 Å². The third-order valence-corrected chi connectivity index (χ3v) is 1.72. The van der Waals surface area contributed by atoms with Crippen LogP contribution in [0.3, 0.4) is 0 Å². The normalized spacial score (nSPS) is 18.3. The molecular formula is C6H13ClO7Sn. The van der Waals surface area contributed by atoms with Crippen LogP contribution < -0.4 is 0 Å². The van der Waals surface area contributed by atoms with Gasteiger partial charge in [-0.2, -0.15) is 0 Å². The molecule has 0 saturated carbocycles. The molecule has 0 aromatic rings. The standard InChI is InChI=1S/C6H11ClO7.Sn.2H/c7-14-6(13)5(12)4(11)3(10)2(9)1-8;;;/h2-5,8-12H,1H2;;;/t2-,3-,4+,5-;;;/m1.../s1. The van der Waals surface area contributed by atoms with Crippen LogP contribution in [-0.4, -0.2) is 86.4 Å². The van der Waals surface area contributed by atoms with Gasteiger partial charge in [-0.3, -0.25) is 0 Å². The first-order chi connectivity index (χ1) is 6.45. The van der Waals surface area contributed by atoms with Crippen molar-refractivity contribution in [3.05, 3.63) is 0 Å². The monoisotopic (exact) mass is 352 g/mol. The molecule has 0 rings (SSSR count). The van der Waals surface area contributed by atoms with Crippen LogP contribution in [0.4, 0.5) is 0 Å². The summed E-state index contributed by atoms with van der Waals surface area (Å²) in [5.74, 6) is -1.37. The van der Waals surface area contributed by atoms with E-state index in [1.54, 1.807) is 0 Å². The van der Waals surface area contributed by atoms with Crippen LogP contribution in [0.2, 0.25) is 0 Å². The van der Waals surface area contributed by atoms with E-state index in [1.165, 1.54) is 0 Å². The molecule has 0 amide bonds. The maximum absolute atomic E-state index is 10.5. The summed E-state index contributed by atoms with van der Waals surface area (Å²) in [6.07, 6.45) is -7.65. The molecule has 0 fully saturated rings. The molecule has 2 radical (unpaired) electrons. The van der Waals surface area contributed by atoms with E-state index < -0.39 is 37.0 Å². The number of hydrogen-bond donors (Lipinski definition) is 5. The average molecular weight is 351 g/mol. The molecule has 7 nitrogen and oxygen atoms in total. The van der Waals surface area contributed by atoms with E-state index in [-0.39, 0.29) is 23.9 Å². The van der Waals surface area contributed by atoms with E-state index in [1.807, 2.05) is 0 Å². The second-order valence-corrected chi connectivity index (χ2v) is 2.73. The fraction of sp³-hybridized carbons (Fsp3) is 0.833. The third-order valence-electron chi connectivity index (χ3n) is 1.57. The van der Waals surface area contributed by atoms with Gasteiger partial charge in [0.2, 0.25) is 0 Å². The van der Waals surface area contributed by atoms with Gasteiger partial charge in [0.25, 0.3) is 0 Å². The summed E-state index contributed by atoms with van der Waals surface area (Å²) in [5.41, 5.74) is 0. The van der Waals surface area contributed by atoms with Crippen molar-refractivity contribution in [2.75, 3.05) is 6.61 Å². The van der Waals surface area contributed by atoms with Crippen LogP contribution in [0.15, 0.2) is 0 Å². The fourth-order valence-corrected chi connectivity index (χ4v) is 0.799. The summed E-state index contributed by atoms with van der Waals surface area (Å²) in [5, 5.41) is 44.3. The molecule has 0 heterocycles. The fourth-order valence-electron chi connectivity index (χ4n) is 0.707. The van der Waals surface area contributed by atoms with Crippen molar-refractivity contribution >= 4 is 41.7 Å². The van der Waals surface area contributed by atoms with Gasteiger partial charge >= 0.3 is 29.9 Å². The Morgan fingerprint density at radius 3 is 2.00 bits per heavy atom. The molecule has 0 aliphatic heterocycles. The Kier molecular flexibility index (Phi) is 10.1. The van der Waals surface area contributed by atoms with Gasteiger partial charge in [0, 0.05) is 0 Å². The van der Waals surface area contributed by atoms with E-state index >= 15 is 0 Å². The van der Waals surface area contributed by atoms with Crippen LogP contribution in [0.5, 0.6) is 0 Å². The van der Waals surface area contributed by atoms with Gasteiger partial charge in [-0.15, -0.1) is 0 Å². The first kappa shape index (κ1) is 17.7. The molecule has 0 saturated heterocycles. The Bertz CT molecular complexity index is 192. The molecule has 0 aliphatic rings. The van der Waals surface area contributed by atoms with Gasteiger partial charge in [-0.05, 0) is 0 Å². The Labute approximate surface area is 107 Å². The molecule has 0 aromatic carbocycles. The summed E-state index contributed by atoms with van der Waals surface area (Å²) in [4.78, 5) is 10.5. The van der Waals surface area contributed by atoms with Crippen molar-refractivity contribution < 1.29 is 34.6 Å². The summed E-state index contributed by atoms with van der Waals surface area (Å²) in [7, 11) is 0. The number of halogens is 1. The molecule has 15 heavy (non-hydrogen) atoms. The second-order valence-electron chi connectivity index (χ2n) is 2.57. The number of hydrogen-bond acceptors (Lipinski definition) is 7. The Balaban J connectivity index is 0. The van der Waals surface area contributed by atoms with Crippen molar-refractivity contribution in [2.24, 2.45) is 0 Å². The van der Waals surface area contributed by atoms with Crippen molar-refractivity contribution in [3.63, 3.8) is 0 Å². The SMILES string of the molecule is O=C(OCl)[C@H](O)[C@@H](O)[C@H](O)[C@H](O)CO.[SnH2]. The van der Waals surface area contributed by atoms with Crippen molar-refractivity contribution in [1.29, 1.82) is 0 Å². The van der Waals surface area contributed by atoms with Gasteiger partial charge < -0.3 is 29.8 Å². The Hall–Kier alpha value is 0.359. The van der Waals surface area contributed by atoms with Gasteiger partial charge in [-0.1, -0.05) is 0 Å². The topological polar surface area (TPSA) is 127 Å². The molecule has 5 N–H and O–H groups in total. The van der Waals surface area contributed by atoms with Gasteiger partial charge in [-0.25, -0.2) is 4.79 Å². The van der Waals surface area contributed by atoms with Crippen LogP contribution >= 0.6 is 11.9 Å². The van der Waals surface area contributed by atoms with Gasteiger partial charge in [0.15, 0.2) is 6.10 Å². The average Bonchev–Trinajstić information content (AvgIpc) is 2.23. The molecule has 9 heteroatoms. The molecule has 0 aliphatic carbocycles. The van der Waals surface area contributed by atoms with Gasteiger partial charge in [0.05, 0.1) is 6.61 Å². The zero-order valence-electron chi connectivity index (χ0n) is 7.65. The summed E-state index contributed by atoms with van der Waals surface area (Å²) >= 11 is 4.59. The minimum absolute atomic E-state index is 0. The predicted molar refractivity (Wildman–Crippen MR) is 51.6 cm³/mol. The third kappa shape index (κ3) is 5.29. The molecule has 4 atom stereocenters. The van der Waals surface area contributed by atoms with Crippen LogP contribution in [0, 0.1) is 0 Å². The van der Waals surface area contributed by atoms with E-state index in [9.17, 15) is 4.79 Å². The molecular weight excluding hydrogens is 338 g/mol. The van der Waals surface area contributed by atoms with Crippen LogP contribution in [0.1, 0.15) is 0 Å². The van der Waals surface area contributed by atoms with Crippen molar-refractivity contribution in [3.8, 4) is 0 Å². The van der Waals surface area contributed by atoms with Crippen LogP contribution in [-0.2, 0) is 9.08 Å². The molecule has 0 aromatic heterocycles. The summed E-state index contributed by atoms with van der Waals surface area (Å²) in [6, 6.07) is 0. The van der Waals surface area contributed by atoms with Gasteiger partial charge in [0.1, 0.15) is 30.2 Å². The molecule has 90 valence electrons. The minimum atomic E-state index is -2.09. The van der Waals surface area contributed by atoms with Crippen molar-refractivity contribution in [1.82, 2.24) is 0 Å².